The van der Waals surface area contributed by atoms with Crippen LogP contribution >= 0.6 is 15.9 Å². The summed E-state index contributed by atoms with van der Waals surface area (Å²) in [7, 11) is 0. The second kappa shape index (κ2) is 3.70. The van der Waals surface area contributed by atoms with Gasteiger partial charge in [0.05, 0.1) is 15.2 Å². The van der Waals surface area contributed by atoms with Crippen molar-refractivity contribution < 1.29 is 4.42 Å². The molecule has 0 saturated heterocycles. The molecule has 0 aliphatic carbocycles. The van der Waals surface area contributed by atoms with E-state index < -0.39 is 0 Å². The van der Waals surface area contributed by atoms with Gasteiger partial charge in [-0.25, -0.2) is 0 Å². The van der Waals surface area contributed by atoms with Gasteiger partial charge in [-0.3, -0.25) is 4.79 Å². The highest BCUT2D eigenvalue weighted by atomic mass is 79.9. The second-order valence-electron chi connectivity index (χ2n) is 4.00. The van der Waals surface area contributed by atoms with Crippen molar-refractivity contribution in [2.45, 2.75) is 6.92 Å². The summed E-state index contributed by atoms with van der Waals surface area (Å²) in [5.41, 5.74) is 2.26. The number of benzene rings is 2. The van der Waals surface area contributed by atoms with Gasteiger partial charge >= 0.3 is 0 Å². The Labute approximate surface area is 106 Å². The van der Waals surface area contributed by atoms with Crippen molar-refractivity contribution in [3.8, 4) is 0 Å². The predicted octanol–water partition coefficient (Wildman–Crippen LogP) is 4.02. The number of aryl methyl sites for hydroxylation is 1. The first-order valence-corrected chi connectivity index (χ1v) is 6.08. The van der Waals surface area contributed by atoms with E-state index in [1.165, 1.54) is 0 Å². The summed E-state index contributed by atoms with van der Waals surface area (Å²) in [5, 5.41) is 1.24. The zero-order chi connectivity index (χ0) is 12.0. The smallest absolute Gasteiger partial charge is 0.200 e. The molecule has 0 fully saturated rings. The van der Waals surface area contributed by atoms with E-state index in [-0.39, 0.29) is 5.43 Å². The Kier molecular flexibility index (Phi) is 2.30. The minimum atomic E-state index is 0.0197. The summed E-state index contributed by atoms with van der Waals surface area (Å²) in [6.07, 6.45) is 0. The van der Waals surface area contributed by atoms with Gasteiger partial charge in [0.15, 0.2) is 5.58 Å². The Morgan fingerprint density at radius 3 is 2.41 bits per heavy atom. The van der Waals surface area contributed by atoms with Crippen LogP contribution in [0.15, 0.2) is 50.1 Å². The first-order chi connectivity index (χ1) is 8.18. The van der Waals surface area contributed by atoms with E-state index in [9.17, 15) is 4.79 Å². The lowest BCUT2D eigenvalue weighted by atomic mass is 10.1. The van der Waals surface area contributed by atoms with E-state index >= 15 is 0 Å². The Balaban J connectivity index is 2.68. The molecule has 0 aliphatic rings. The fraction of sp³-hybridized carbons (Fsp3) is 0.0714. The maximum atomic E-state index is 12.3. The number of rotatable bonds is 0. The van der Waals surface area contributed by atoms with Gasteiger partial charge in [0.2, 0.25) is 5.43 Å². The monoisotopic (exact) mass is 288 g/mol. The molecular formula is C14H9BrO2. The lowest BCUT2D eigenvalue weighted by Crippen LogP contribution is -2.02. The van der Waals surface area contributed by atoms with Crippen LogP contribution in [0.1, 0.15) is 5.56 Å². The van der Waals surface area contributed by atoms with Gasteiger partial charge in [-0.1, -0.05) is 18.2 Å². The lowest BCUT2D eigenvalue weighted by molar-refractivity contribution is 0.654. The maximum absolute atomic E-state index is 12.3. The maximum Gasteiger partial charge on any atom is 0.200 e. The van der Waals surface area contributed by atoms with Gasteiger partial charge in [0.1, 0.15) is 5.58 Å². The third-order valence-electron chi connectivity index (χ3n) is 2.87. The van der Waals surface area contributed by atoms with Crippen molar-refractivity contribution in [1.82, 2.24) is 0 Å². The average molecular weight is 289 g/mol. The molecule has 0 amide bonds. The van der Waals surface area contributed by atoms with Gasteiger partial charge in [0, 0.05) is 0 Å². The molecule has 84 valence electrons. The van der Waals surface area contributed by atoms with Crippen molar-refractivity contribution in [1.29, 1.82) is 0 Å². The summed E-state index contributed by atoms with van der Waals surface area (Å²) in [4.78, 5) is 12.3. The van der Waals surface area contributed by atoms with Crippen LogP contribution in [0.3, 0.4) is 0 Å². The number of hydrogen-bond donors (Lipinski definition) is 0. The fourth-order valence-corrected chi connectivity index (χ4v) is 2.45. The fourth-order valence-electron chi connectivity index (χ4n) is 2.01. The molecule has 1 heterocycles. The predicted molar refractivity (Wildman–Crippen MR) is 72.4 cm³/mol. The molecular weight excluding hydrogens is 280 g/mol. The molecule has 3 heteroatoms. The van der Waals surface area contributed by atoms with Crippen molar-refractivity contribution in [3.05, 3.63) is 56.7 Å². The van der Waals surface area contributed by atoms with Crippen LogP contribution in [0.2, 0.25) is 0 Å². The molecule has 1 aromatic heterocycles. The highest BCUT2D eigenvalue weighted by Gasteiger charge is 2.10. The Morgan fingerprint density at radius 1 is 1.00 bits per heavy atom. The molecule has 0 saturated carbocycles. The molecule has 0 unspecified atom stereocenters. The first-order valence-electron chi connectivity index (χ1n) is 5.29. The van der Waals surface area contributed by atoms with Crippen LogP contribution in [-0.4, -0.2) is 0 Å². The number of halogens is 1. The van der Waals surface area contributed by atoms with Crippen LogP contribution in [0.25, 0.3) is 21.9 Å². The van der Waals surface area contributed by atoms with Crippen molar-refractivity contribution in [2.24, 2.45) is 0 Å². The Morgan fingerprint density at radius 2 is 1.65 bits per heavy atom. The summed E-state index contributed by atoms with van der Waals surface area (Å²) in [6, 6.07) is 11.1. The molecule has 17 heavy (non-hydrogen) atoms. The highest BCUT2D eigenvalue weighted by molar-refractivity contribution is 9.10. The Hall–Kier alpha value is -1.61. The van der Waals surface area contributed by atoms with Crippen molar-refractivity contribution in [2.75, 3.05) is 0 Å². The van der Waals surface area contributed by atoms with Crippen molar-refractivity contribution >= 4 is 37.9 Å². The summed E-state index contributed by atoms with van der Waals surface area (Å²) in [5.74, 6) is 0. The summed E-state index contributed by atoms with van der Waals surface area (Å²) < 4.78 is 6.64. The van der Waals surface area contributed by atoms with E-state index in [1.807, 2.05) is 31.2 Å². The summed E-state index contributed by atoms with van der Waals surface area (Å²) in [6.45, 7) is 1.94. The Bertz CT molecular complexity index is 724. The average Bonchev–Trinajstić information content (AvgIpc) is 2.32. The number of fused-ring (bicyclic) bond motifs is 2. The zero-order valence-electron chi connectivity index (χ0n) is 9.16. The topological polar surface area (TPSA) is 30.2 Å². The molecule has 0 aliphatic heterocycles. The molecule has 2 aromatic carbocycles. The normalized spacial score (nSPS) is 11.2. The lowest BCUT2D eigenvalue weighted by Gasteiger charge is -2.04. The molecule has 3 rings (SSSR count). The van der Waals surface area contributed by atoms with Crippen LogP contribution in [-0.2, 0) is 0 Å². The minimum Gasteiger partial charge on any atom is -0.454 e. The van der Waals surface area contributed by atoms with Gasteiger partial charge in [-0.2, -0.15) is 0 Å². The standard InChI is InChI=1S/C14H9BrO2/c1-8-4-2-5-9-12(16)10-6-3-7-11(15)14(10)17-13(8)9/h2-7H,1H3. The van der Waals surface area contributed by atoms with E-state index in [0.29, 0.717) is 21.9 Å². The van der Waals surface area contributed by atoms with E-state index in [0.717, 1.165) is 10.0 Å². The van der Waals surface area contributed by atoms with Gasteiger partial charge in [-0.15, -0.1) is 0 Å². The largest absolute Gasteiger partial charge is 0.454 e. The molecule has 0 N–H and O–H groups in total. The first kappa shape index (κ1) is 10.5. The quantitative estimate of drug-likeness (QED) is 0.585. The number of hydrogen-bond acceptors (Lipinski definition) is 2. The van der Waals surface area contributed by atoms with Crippen LogP contribution < -0.4 is 5.43 Å². The van der Waals surface area contributed by atoms with Gasteiger partial charge in [-0.05, 0) is 46.6 Å². The second-order valence-corrected chi connectivity index (χ2v) is 4.85. The highest BCUT2D eigenvalue weighted by Crippen LogP contribution is 2.26. The number of para-hydroxylation sites is 2. The third kappa shape index (κ3) is 1.50. The molecule has 0 spiro atoms. The van der Waals surface area contributed by atoms with Crippen LogP contribution in [0.5, 0.6) is 0 Å². The molecule has 0 radical (unpaired) electrons. The molecule has 0 bridgehead atoms. The van der Waals surface area contributed by atoms with E-state index in [1.54, 1.807) is 12.1 Å². The minimum absolute atomic E-state index is 0.0197. The third-order valence-corrected chi connectivity index (χ3v) is 3.50. The van der Waals surface area contributed by atoms with Crippen LogP contribution in [0.4, 0.5) is 0 Å². The van der Waals surface area contributed by atoms with E-state index in [2.05, 4.69) is 15.9 Å². The van der Waals surface area contributed by atoms with Gasteiger partial charge < -0.3 is 4.42 Å². The van der Waals surface area contributed by atoms with E-state index in [4.69, 9.17) is 4.42 Å². The van der Waals surface area contributed by atoms with Crippen molar-refractivity contribution in [3.63, 3.8) is 0 Å². The SMILES string of the molecule is Cc1cccc2c(=O)c3cccc(Br)c3oc12. The molecule has 3 aromatic rings. The zero-order valence-corrected chi connectivity index (χ0v) is 10.7. The molecule has 0 atom stereocenters. The van der Waals surface area contributed by atoms with Gasteiger partial charge in [0.25, 0.3) is 0 Å². The molecule has 2 nitrogen and oxygen atoms in total. The summed E-state index contributed by atoms with van der Waals surface area (Å²) >= 11 is 3.41. The van der Waals surface area contributed by atoms with Crippen LogP contribution in [0, 0.1) is 6.92 Å².